The van der Waals surface area contributed by atoms with Crippen molar-refractivity contribution in [1.29, 1.82) is 0 Å². The van der Waals surface area contributed by atoms with Gasteiger partial charge >= 0.3 is 0 Å². The van der Waals surface area contributed by atoms with Gasteiger partial charge in [-0.05, 0) is 80.9 Å². The van der Waals surface area contributed by atoms with Gasteiger partial charge in [-0.15, -0.1) is 0 Å². The Hall–Kier alpha value is -6.85. The first kappa shape index (κ1) is 31.5. The van der Waals surface area contributed by atoms with Gasteiger partial charge in [-0.1, -0.05) is 131 Å². The number of benzene rings is 7. The SMILES string of the molecule is CC1(C)c2ccccc2-c2ccc(-c3nc(-c4ccc5c(c4)C(C)(C)c4ccc6oc7ccccc7c6c4-5)nc(-c4cccc5c4oc4ccccc45)n3)cc21. The van der Waals surface area contributed by atoms with E-state index in [1.807, 2.05) is 24.3 Å². The molecule has 0 amide bonds. The molecule has 12 rings (SSSR count). The highest BCUT2D eigenvalue weighted by Gasteiger charge is 2.38. The van der Waals surface area contributed by atoms with E-state index in [1.165, 1.54) is 49.9 Å². The lowest BCUT2D eigenvalue weighted by Crippen LogP contribution is -2.15. The van der Waals surface area contributed by atoms with E-state index in [4.69, 9.17) is 23.8 Å². The Morgan fingerprint density at radius 3 is 1.75 bits per heavy atom. The fourth-order valence-electron chi connectivity index (χ4n) is 9.70. The van der Waals surface area contributed by atoms with Gasteiger partial charge in [0.1, 0.15) is 22.3 Å². The number of hydrogen-bond donors (Lipinski definition) is 0. The molecule has 2 aliphatic rings. The second-order valence-corrected chi connectivity index (χ2v) is 16.4. The molecule has 0 radical (unpaired) electrons. The van der Waals surface area contributed by atoms with Gasteiger partial charge in [-0.3, -0.25) is 0 Å². The molecule has 0 saturated carbocycles. The molecule has 5 nitrogen and oxygen atoms in total. The highest BCUT2D eigenvalue weighted by atomic mass is 16.3. The molecule has 3 aromatic heterocycles. The lowest BCUT2D eigenvalue weighted by Gasteiger charge is -2.22. The number of aromatic nitrogens is 3. The van der Waals surface area contributed by atoms with Crippen molar-refractivity contribution >= 4 is 43.9 Å². The number of furan rings is 2. The van der Waals surface area contributed by atoms with Gasteiger partial charge in [0.05, 0.1) is 5.56 Å². The van der Waals surface area contributed by atoms with Gasteiger partial charge in [0, 0.05) is 43.5 Å². The maximum absolute atomic E-state index is 6.53. The van der Waals surface area contributed by atoms with Crippen LogP contribution in [0.3, 0.4) is 0 Å². The third-order valence-corrected chi connectivity index (χ3v) is 12.6. The van der Waals surface area contributed by atoms with Crippen LogP contribution in [-0.2, 0) is 10.8 Å². The molecule has 0 saturated heterocycles. The monoisotopic (exact) mass is 721 g/mol. The van der Waals surface area contributed by atoms with Gasteiger partial charge in [0.25, 0.3) is 0 Å². The van der Waals surface area contributed by atoms with E-state index in [1.54, 1.807) is 0 Å². The molecule has 0 N–H and O–H groups in total. The molecule has 0 atom stereocenters. The van der Waals surface area contributed by atoms with Crippen LogP contribution in [0.1, 0.15) is 49.9 Å². The van der Waals surface area contributed by atoms with Crippen LogP contribution in [0.15, 0.2) is 148 Å². The van der Waals surface area contributed by atoms with Crippen LogP contribution < -0.4 is 0 Å². The maximum atomic E-state index is 6.53. The van der Waals surface area contributed by atoms with Crippen LogP contribution >= 0.6 is 0 Å². The van der Waals surface area contributed by atoms with Crippen LogP contribution in [0.4, 0.5) is 0 Å². The smallest absolute Gasteiger partial charge is 0.167 e. The summed E-state index contributed by atoms with van der Waals surface area (Å²) in [5, 5.41) is 4.41. The Balaban J connectivity index is 1.08. The highest BCUT2D eigenvalue weighted by Crippen LogP contribution is 2.54. The third kappa shape index (κ3) is 4.17. The number of hydrogen-bond acceptors (Lipinski definition) is 5. The molecular weight excluding hydrogens is 687 g/mol. The third-order valence-electron chi connectivity index (χ3n) is 12.6. The average Bonchev–Trinajstić information content (AvgIpc) is 3.93. The Kier molecular flexibility index (Phi) is 6.12. The molecule has 5 heteroatoms. The van der Waals surface area contributed by atoms with Crippen molar-refractivity contribution in [2.24, 2.45) is 0 Å². The first-order valence-corrected chi connectivity index (χ1v) is 19.3. The fourth-order valence-corrected chi connectivity index (χ4v) is 9.70. The average molecular weight is 722 g/mol. The topological polar surface area (TPSA) is 65.0 Å². The van der Waals surface area contributed by atoms with Crippen molar-refractivity contribution in [3.05, 3.63) is 162 Å². The maximum Gasteiger partial charge on any atom is 0.167 e. The summed E-state index contributed by atoms with van der Waals surface area (Å²) in [5.74, 6) is 1.82. The van der Waals surface area contributed by atoms with Crippen LogP contribution in [0, 0.1) is 0 Å². The van der Waals surface area contributed by atoms with E-state index >= 15 is 0 Å². The van der Waals surface area contributed by atoms with E-state index in [-0.39, 0.29) is 10.8 Å². The molecule has 266 valence electrons. The molecule has 0 fully saturated rings. The van der Waals surface area contributed by atoms with Crippen LogP contribution in [0.25, 0.3) is 100 Å². The van der Waals surface area contributed by atoms with Crippen LogP contribution in [0.5, 0.6) is 0 Å². The summed E-state index contributed by atoms with van der Waals surface area (Å²) >= 11 is 0. The predicted octanol–water partition coefficient (Wildman–Crippen LogP) is 13.3. The summed E-state index contributed by atoms with van der Waals surface area (Å²) < 4.78 is 12.9. The Morgan fingerprint density at radius 1 is 0.393 bits per heavy atom. The molecule has 56 heavy (non-hydrogen) atoms. The van der Waals surface area contributed by atoms with Crippen molar-refractivity contribution in [2.75, 3.05) is 0 Å². The summed E-state index contributed by atoms with van der Waals surface area (Å²) in [7, 11) is 0. The molecule has 0 bridgehead atoms. The van der Waals surface area contributed by atoms with Crippen molar-refractivity contribution in [3.8, 4) is 56.4 Å². The van der Waals surface area contributed by atoms with E-state index in [2.05, 4.69) is 143 Å². The zero-order valence-electron chi connectivity index (χ0n) is 31.4. The molecular formula is C51H35N3O2. The van der Waals surface area contributed by atoms with Crippen LogP contribution in [0.2, 0.25) is 0 Å². The Labute approximate surface area is 323 Å². The Bertz CT molecular complexity index is 3330. The summed E-state index contributed by atoms with van der Waals surface area (Å²) in [5.41, 5.74) is 15.9. The zero-order valence-corrected chi connectivity index (χ0v) is 31.4. The van der Waals surface area contributed by atoms with E-state index in [0.717, 1.165) is 55.2 Å². The van der Waals surface area contributed by atoms with Gasteiger partial charge in [0.2, 0.25) is 0 Å². The summed E-state index contributed by atoms with van der Waals surface area (Å²) in [6, 6.07) is 49.2. The van der Waals surface area contributed by atoms with Crippen molar-refractivity contribution in [2.45, 2.75) is 38.5 Å². The van der Waals surface area contributed by atoms with E-state index in [0.29, 0.717) is 17.5 Å². The normalized spacial score (nSPS) is 14.7. The molecule has 10 aromatic rings. The minimum atomic E-state index is -0.258. The van der Waals surface area contributed by atoms with Crippen molar-refractivity contribution < 1.29 is 8.83 Å². The lowest BCUT2D eigenvalue weighted by atomic mass is 9.81. The quantitative estimate of drug-likeness (QED) is 0.182. The van der Waals surface area contributed by atoms with Crippen molar-refractivity contribution in [3.63, 3.8) is 0 Å². The van der Waals surface area contributed by atoms with E-state index in [9.17, 15) is 0 Å². The lowest BCUT2D eigenvalue weighted by molar-refractivity contribution is 0.656. The minimum Gasteiger partial charge on any atom is -0.456 e. The second-order valence-electron chi connectivity index (χ2n) is 16.4. The molecule has 0 spiro atoms. The predicted molar refractivity (Wildman–Crippen MR) is 226 cm³/mol. The number of para-hydroxylation sites is 3. The summed E-state index contributed by atoms with van der Waals surface area (Å²) in [4.78, 5) is 15.8. The van der Waals surface area contributed by atoms with Gasteiger partial charge < -0.3 is 8.83 Å². The standard InChI is InChI=1S/C51H35N3O2/c1-50(2)37-17-8-5-12-30(37)31-22-20-28(26-39(31)50)47-52-48(54-49(53-47)36-16-11-15-33-32-13-6-9-18-41(32)56-46(33)36)29-21-23-34-40(27-29)51(3,4)38-24-25-43-45(44(34)38)35-14-7-10-19-42(35)55-43/h5-27H,1-4H3. The van der Waals surface area contributed by atoms with Crippen molar-refractivity contribution in [1.82, 2.24) is 15.0 Å². The second kappa shape index (κ2) is 10.9. The largest absolute Gasteiger partial charge is 0.456 e. The number of rotatable bonds is 3. The summed E-state index contributed by atoms with van der Waals surface area (Å²) in [6.45, 7) is 9.23. The number of fused-ring (bicyclic) bond motifs is 13. The first-order chi connectivity index (χ1) is 27.3. The molecule has 0 unspecified atom stereocenters. The minimum absolute atomic E-state index is 0.160. The fraction of sp³-hybridized carbons (Fsp3) is 0.118. The molecule has 7 aromatic carbocycles. The molecule has 3 heterocycles. The first-order valence-electron chi connectivity index (χ1n) is 19.3. The van der Waals surface area contributed by atoms with Crippen LogP contribution in [-0.4, -0.2) is 15.0 Å². The molecule has 0 aliphatic heterocycles. The zero-order chi connectivity index (χ0) is 37.5. The van der Waals surface area contributed by atoms with Gasteiger partial charge in [-0.25, -0.2) is 15.0 Å². The number of nitrogens with zero attached hydrogens (tertiary/aromatic N) is 3. The molecule has 2 aliphatic carbocycles. The van der Waals surface area contributed by atoms with E-state index < -0.39 is 0 Å². The Morgan fingerprint density at radius 2 is 0.964 bits per heavy atom. The summed E-state index contributed by atoms with van der Waals surface area (Å²) in [6.07, 6.45) is 0. The van der Waals surface area contributed by atoms with Gasteiger partial charge in [-0.2, -0.15) is 0 Å². The van der Waals surface area contributed by atoms with Gasteiger partial charge in [0.15, 0.2) is 17.5 Å². The highest BCUT2D eigenvalue weighted by molar-refractivity contribution is 6.15.